The molecule has 0 saturated heterocycles. The largest absolute Gasteiger partial charge is 0.493 e. The number of aromatic nitrogens is 2. The van der Waals surface area contributed by atoms with Gasteiger partial charge in [-0.05, 0) is 42.2 Å². The molecule has 7 nitrogen and oxygen atoms in total. The van der Waals surface area contributed by atoms with Crippen molar-refractivity contribution in [2.45, 2.75) is 25.8 Å². The number of carbonyl (C=O) groups is 1. The fraction of sp³-hybridized carbons (Fsp3) is 0.333. The number of para-hydroxylation sites is 2. The van der Waals surface area contributed by atoms with E-state index < -0.39 is 0 Å². The standard InChI is InChI=1S/C24H25N3O4/c1-13-9-16-21(18(28)10-13)22(14-11-19(29-2)23(31-4)20(12-14)30-3)27-17-8-6-5-7-15(17)25-24(27)26-16/h5-8,11-13,22H,9-10H2,1-4H3,(H,25,26). The molecular weight excluding hydrogens is 394 g/mol. The van der Waals surface area contributed by atoms with Crippen molar-refractivity contribution in [1.29, 1.82) is 0 Å². The smallest absolute Gasteiger partial charge is 0.209 e. The summed E-state index contributed by atoms with van der Waals surface area (Å²) in [6, 6.07) is 11.5. The Morgan fingerprint density at radius 2 is 1.74 bits per heavy atom. The summed E-state index contributed by atoms with van der Waals surface area (Å²) in [5.74, 6) is 2.82. The number of anilines is 1. The number of fused-ring (bicyclic) bond motifs is 3. The van der Waals surface area contributed by atoms with Gasteiger partial charge in [-0.15, -0.1) is 0 Å². The Bertz CT molecular complexity index is 1200. The van der Waals surface area contributed by atoms with Crippen molar-refractivity contribution in [1.82, 2.24) is 9.55 Å². The monoisotopic (exact) mass is 419 g/mol. The molecule has 0 amide bonds. The lowest BCUT2D eigenvalue weighted by molar-refractivity contribution is -0.117. The molecule has 0 saturated carbocycles. The van der Waals surface area contributed by atoms with Crippen LogP contribution >= 0.6 is 0 Å². The molecule has 0 spiro atoms. The average Bonchev–Trinajstić information content (AvgIpc) is 3.14. The number of hydrogen-bond acceptors (Lipinski definition) is 6. The van der Waals surface area contributed by atoms with Gasteiger partial charge in [-0.1, -0.05) is 19.1 Å². The SMILES string of the molecule is COc1cc(C2C3=C(CC(C)CC3=O)Nc3nc4ccccc4n32)cc(OC)c1OC. The van der Waals surface area contributed by atoms with Gasteiger partial charge in [0.25, 0.3) is 0 Å². The fourth-order valence-corrected chi connectivity index (χ4v) is 4.79. The van der Waals surface area contributed by atoms with Crippen LogP contribution in [0.4, 0.5) is 5.95 Å². The van der Waals surface area contributed by atoms with Crippen molar-refractivity contribution >= 4 is 22.8 Å². The first kappa shape index (κ1) is 19.5. The Balaban J connectivity index is 1.81. The number of benzene rings is 2. The number of hydrogen-bond donors (Lipinski definition) is 1. The number of ether oxygens (including phenoxy) is 3. The van der Waals surface area contributed by atoms with Crippen LogP contribution in [0.15, 0.2) is 47.7 Å². The molecule has 0 fully saturated rings. The van der Waals surface area contributed by atoms with Crippen LogP contribution in [0.2, 0.25) is 0 Å². The summed E-state index contributed by atoms with van der Waals surface area (Å²) in [7, 11) is 4.78. The van der Waals surface area contributed by atoms with E-state index in [9.17, 15) is 4.79 Å². The molecule has 160 valence electrons. The van der Waals surface area contributed by atoms with E-state index in [1.165, 1.54) is 0 Å². The Morgan fingerprint density at radius 3 is 2.42 bits per heavy atom. The summed E-state index contributed by atoms with van der Waals surface area (Å²) < 4.78 is 18.8. The maximum absolute atomic E-state index is 13.3. The Morgan fingerprint density at radius 1 is 1.03 bits per heavy atom. The van der Waals surface area contributed by atoms with Crippen LogP contribution in [0.25, 0.3) is 11.0 Å². The predicted octanol–water partition coefficient (Wildman–Crippen LogP) is 4.33. The molecule has 0 bridgehead atoms. The molecule has 1 aliphatic heterocycles. The molecular formula is C24H25N3O4. The molecule has 2 aromatic carbocycles. The average molecular weight is 419 g/mol. The second kappa shape index (κ2) is 7.34. The van der Waals surface area contributed by atoms with Gasteiger partial charge in [0, 0.05) is 17.7 Å². The van der Waals surface area contributed by atoms with Gasteiger partial charge in [0.05, 0.1) is 38.4 Å². The van der Waals surface area contributed by atoms with E-state index in [1.54, 1.807) is 21.3 Å². The maximum Gasteiger partial charge on any atom is 0.209 e. The first-order chi connectivity index (χ1) is 15.0. The molecule has 1 N–H and O–H groups in total. The second-order valence-electron chi connectivity index (χ2n) is 8.11. The van der Waals surface area contributed by atoms with Crippen molar-refractivity contribution in [3.8, 4) is 17.2 Å². The fourth-order valence-electron chi connectivity index (χ4n) is 4.79. The molecule has 3 aromatic rings. The summed E-state index contributed by atoms with van der Waals surface area (Å²) in [6.07, 6.45) is 1.34. The van der Waals surface area contributed by atoms with Crippen LogP contribution in [0, 0.1) is 5.92 Å². The third-order valence-corrected chi connectivity index (χ3v) is 6.10. The van der Waals surface area contributed by atoms with Crippen LogP contribution in [-0.2, 0) is 4.79 Å². The first-order valence-electron chi connectivity index (χ1n) is 10.4. The second-order valence-corrected chi connectivity index (χ2v) is 8.11. The molecule has 1 aliphatic carbocycles. The van der Waals surface area contributed by atoms with Gasteiger partial charge in [-0.3, -0.25) is 9.36 Å². The van der Waals surface area contributed by atoms with Crippen LogP contribution in [-0.4, -0.2) is 36.7 Å². The number of ketones is 1. The van der Waals surface area contributed by atoms with Gasteiger partial charge < -0.3 is 19.5 Å². The number of rotatable bonds is 4. The van der Waals surface area contributed by atoms with Gasteiger partial charge in [-0.25, -0.2) is 4.98 Å². The zero-order chi connectivity index (χ0) is 21.7. The highest BCUT2D eigenvalue weighted by Gasteiger charge is 2.39. The molecule has 0 radical (unpaired) electrons. The molecule has 5 rings (SSSR count). The molecule has 1 aromatic heterocycles. The quantitative estimate of drug-likeness (QED) is 0.679. The van der Waals surface area contributed by atoms with E-state index in [-0.39, 0.29) is 17.7 Å². The van der Waals surface area contributed by atoms with Crippen molar-refractivity contribution in [2.75, 3.05) is 26.6 Å². The highest BCUT2D eigenvalue weighted by molar-refractivity contribution is 6.00. The minimum atomic E-state index is -0.340. The highest BCUT2D eigenvalue weighted by Crippen LogP contribution is 2.47. The zero-order valence-electron chi connectivity index (χ0n) is 18.1. The molecule has 2 aliphatic rings. The van der Waals surface area contributed by atoms with Gasteiger partial charge in [-0.2, -0.15) is 0 Å². The lowest BCUT2D eigenvalue weighted by atomic mass is 9.81. The lowest BCUT2D eigenvalue weighted by Crippen LogP contribution is -2.33. The van der Waals surface area contributed by atoms with Crippen LogP contribution < -0.4 is 19.5 Å². The summed E-state index contributed by atoms with van der Waals surface area (Å²) in [4.78, 5) is 18.1. The number of methoxy groups -OCH3 is 3. The summed E-state index contributed by atoms with van der Waals surface area (Å²) in [5.41, 5.74) is 4.45. The third kappa shape index (κ3) is 2.95. The molecule has 2 unspecified atom stereocenters. The highest BCUT2D eigenvalue weighted by atomic mass is 16.5. The summed E-state index contributed by atoms with van der Waals surface area (Å²) in [6.45, 7) is 2.11. The van der Waals surface area contributed by atoms with E-state index in [0.717, 1.165) is 40.2 Å². The zero-order valence-corrected chi connectivity index (χ0v) is 18.1. The number of Topliss-reactive ketones (excluding diaryl/α,β-unsaturated/α-hetero) is 1. The summed E-state index contributed by atoms with van der Waals surface area (Å²) >= 11 is 0. The predicted molar refractivity (Wildman–Crippen MR) is 118 cm³/mol. The molecule has 7 heteroatoms. The van der Waals surface area contributed by atoms with Gasteiger partial charge in [0.2, 0.25) is 11.7 Å². The maximum atomic E-state index is 13.3. The third-order valence-electron chi connectivity index (χ3n) is 6.10. The van der Waals surface area contributed by atoms with Crippen molar-refractivity contribution < 1.29 is 19.0 Å². The van der Waals surface area contributed by atoms with E-state index in [4.69, 9.17) is 19.2 Å². The van der Waals surface area contributed by atoms with Gasteiger partial charge in [0.1, 0.15) is 0 Å². The summed E-state index contributed by atoms with van der Waals surface area (Å²) in [5, 5.41) is 3.45. The Kier molecular flexibility index (Phi) is 4.61. The number of carbonyl (C=O) groups excluding carboxylic acids is 1. The van der Waals surface area contributed by atoms with E-state index in [2.05, 4.69) is 16.8 Å². The van der Waals surface area contributed by atoms with Crippen LogP contribution in [0.1, 0.15) is 31.4 Å². The van der Waals surface area contributed by atoms with E-state index in [0.29, 0.717) is 23.7 Å². The molecule has 2 atom stereocenters. The topological polar surface area (TPSA) is 74.6 Å². The normalized spacial score (nSPS) is 20.2. The number of allylic oxidation sites excluding steroid dienone is 2. The van der Waals surface area contributed by atoms with Crippen molar-refractivity contribution in [2.24, 2.45) is 5.92 Å². The molecule has 31 heavy (non-hydrogen) atoms. The van der Waals surface area contributed by atoms with E-state index >= 15 is 0 Å². The van der Waals surface area contributed by atoms with Gasteiger partial charge in [0.15, 0.2) is 17.3 Å². The van der Waals surface area contributed by atoms with Crippen LogP contribution in [0.3, 0.4) is 0 Å². The lowest BCUT2D eigenvalue weighted by Gasteiger charge is -2.35. The minimum Gasteiger partial charge on any atom is -0.493 e. The number of nitrogens with one attached hydrogen (secondary N) is 1. The van der Waals surface area contributed by atoms with Crippen LogP contribution in [0.5, 0.6) is 17.2 Å². The Hall–Kier alpha value is -3.48. The number of nitrogens with zero attached hydrogens (tertiary/aromatic N) is 2. The Labute approximate surface area is 180 Å². The van der Waals surface area contributed by atoms with Gasteiger partial charge >= 0.3 is 0 Å². The van der Waals surface area contributed by atoms with Crippen molar-refractivity contribution in [3.63, 3.8) is 0 Å². The number of imidazole rings is 1. The van der Waals surface area contributed by atoms with E-state index in [1.807, 2.05) is 36.4 Å². The first-order valence-corrected chi connectivity index (χ1v) is 10.4. The minimum absolute atomic E-state index is 0.156. The van der Waals surface area contributed by atoms with Crippen molar-refractivity contribution in [3.05, 3.63) is 53.2 Å². The molecule has 2 heterocycles.